The van der Waals surface area contributed by atoms with Gasteiger partial charge in [-0.3, -0.25) is 0 Å². The van der Waals surface area contributed by atoms with Crippen molar-refractivity contribution in [2.75, 3.05) is 6.61 Å². The van der Waals surface area contributed by atoms with E-state index in [0.717, 1.165) is 18.6 Å². The first-order valence-corrected chi connectivity index (χ1v) is 8.08. The van der Waals surface area contributed by atoms with Crippen LogP contribution in [0.15, 0.2) is 12.1 Å². The van der Waals surface area contributed by atoms with E-state index in [1.807, 2.05) is 6.92 Å². The summed E-state index contributed by atoms with van der Waals surface area (Å²) in [7, 11) is 0. The number of aryl methyl sites for hydroxylation is 2. The molecular formula is C18H31NO2. The van der Waals surface area contributed by atoms with Crippen molar-refractivity contribution in [2.45, 2.75) is 71.9 Å². The molecule has 3 nitrogen and oxygen atoms in total. The molecule has 3 heteroatoms. The quantitative estimate of drug-likeness (QED) is 0.768. The summed E-state index contributed by atoms with van der Waals surface area (Å²) in [5, 5.41) is 10.3. The van der Waals surface area contributed by atoms with Gasteiger partial charge in [-0.1, -0.05) is 20.3 Å². The fourth-order valence-corrected chi connectivity index (χ4v) is 3.14. The van der Waals surface area contributed by atoms with Crippen molar-refractivity contribution >= 4 is 0 Å². The lowest BCUT2D eigenvalue weighted by Gasteiger charge is -2.24. The molecule has 0 saturated carbocycles. The largest absolute Gasteiger partial charge is 0.494 e. The number of hydrogen-bond donors (Lipinski definition) is 2. The van der Waals surface area contributed by atoms with Gasteiger partial charge in [-0.25, -0.2) is 0 Å². The number of hydrogen-bond acceptors (Lipinski definition) is 3. The molecule has 120 valence electrons. The molecule has 0 aliphatic heterocycles. The molecule has 3 unspecified atom stereocenters. The highest BCUT2D eigenvalue weighted by Crippen LogP contribution is 2.31. The zero-order valence-electron chi connectivity index (χ0n) is 14.1. The van der Waals surface area contributed by atoms with Gasteiger partial charge >= 0.3 is 0 Å². The minimum absolute atomic E-state index is 0.124. The molecular weight excluding hydrogens is 262 g/mol. The molecule has 0 amide bonds. The summed E-state index contributed by atoms with van der Waals surface area (Å²) < 4.78 is 5.58. The Hall–Kier alpha value is -1.06. The molecule has 1 aromatic carbocycles. The van der Waals surface area contributed by atoms with Gasteiger partial charge in [-0.05, 0) is 68.4 Å². The second kappa shape index (κ2) is 8.40. The van der Waals surface area contributed by atoms with E-state index in [-0.39, 0.29) is 6.04 Å². The van der Waals surface area contributed by atoms with Crippen LogP contribution in [0.3, 0.4) is 0 Å². The molecule has 1 rings (SSSR count). The molecule has 3 atom stereocenters. The van der Waals surface area contributed by atoms with Crippen LogP contribution in [-0.4, -0.2) is 23.9 Å². The molecule has 0 aliphatic rings. The van der Waals surface area contributed by atoms with E-state index in [9.17, 15) is 5.11 Å². The fourth-order valence-electron chi connectivity index (χ4n) is 3.14. The van der Waals surface area contributed by atoms with Crippen molar-refractivity contribution in [3.63, 3.8) is 0 Å². The van der Waals surface area contributed by atoms with Crippen LogP contribution in [0.25, 0.3) is 0 Å². The van der Waals surface area contributed by atoms with Crippen molar-refractivity contribution in [1.82, 2.24) is 0 Å². The maximum atomic E-state index is 10.3. The maximum Gasteiger partial charge on any atom is 0.119 e. The summed E-state index contributed by atoms with van der Waals surface area (Å²) in [6, 6.07) is 4.04. The topological polar surface area (TPSA) is 55.5 Å². The Morgan fingerprint density at radius 2 is 1.76 bits per heavy atom. The van der Waals surface area contributed by atoms with Crippen LogP contribution < -0.4 is 10.5 Å². The third-order valence-electron chi connectivity index (χ3n) is 4.08. The summed E-state index contributed by atoms with van der Waals surface area (Å²) in [6.45, 7) is 11.2. The average molecular weight is 293 g/mol. The van der Waals surface area contributed by atoms with E-state index < -0.39 is 6.10 Å². The van der Waals surface area contributed by atoms with Gasteiger partial charge in [0, 0.05) is 6.04 Å². The Balaban J connectivity index is 2.85. The van der Waals surface area contributed by atoms with Gasteiger partial charge in [-0.2, -0.15) is 0 Å². The Morgan fingerprint density at radius 3 is 2.24 bits per heavy atom. The van der Waals surface area contributed by atoms with Gasteiger partial charge in [0.2, 0.25) is 0 Å². The minimum Gasteiger partial charge on any atom is -0.494 e. The molecule has 0 radical (unpaired) electrons. The van der Waals surface area contributed by atoms with Gasteiger partial charge in [0.25, 0.3) is 0 Å². The van der Waals surface area contributed by atoms with Gasteiger partial charge in [-0.15, -0.1) is 0 Å². The molecule has 0 aromatic heterocycles. The number of ether oxygens (including phenoxy) is 1. The number of rotatable bonds is 8. The number of aliphatic hydroxyl groups is 1. The van der Waals surface area contributed by atoms with Crippen LogP contribution >= 0.6 is 0 Å². The van der Waals surface area contributed by atoms with Crippen LogP contribution in [0, 0.1) is 13.8 Å². The predicted molar refractivity (Wildman–Crippen MR) is 89.0 cm³/mol. The summed E-state index contributed by atoms with van der Waals surface area (Å²) in [6.07, 6.45) is 2.14. The van der Waals surface area contributed by atoms with E-state index in [2.05, 4.69) is 39.8 Å². The van der Waals surface area contributed by atoms with Crippen LogP contribution in [0.1, 0.15) is 62.6 Å². The van der Waals surface area contributed by atoms with Crippen LogP contribution in [0.2, 0.25) is 0 Å². The summed E-state index contributed by atoms with van der Waals surface area (Å²) in [5.41, 5.74) is 9.78. The van der Waals surface area contributed by atoms with Gasteiger partial charge < -0.3 is 15.6 Å². The van der Waals surface area contributed by atoms with E-state index in [1.54, 1.807) is 0 Å². The second-order valence-corrected chi connectivity index (χ2v) is 6.06. The first kappa shape index (κ1) is 18.0. The standard InChI is InChI=1S/C18H31NO2/c1-6-8-16(19)17(20)11-14(5)18-12(3)9-15(21-7-2)10-13(18)4/h9-10,14,16-17,20H,6-8,11,19H2,1-5H3. The third kappa shape index (κ3) is 5.01. The first-order chi connectivity index (χ1) is 9.90. The van der Waals surface area contributed by atoms with Crippen molar-refractivity contribution < 1.29 is 9.84 Å². The first-order valence-electron chi connectivity index (χ1n) is 8.08. The zero-order valence-corrected chi connectivity index (χ0v) is 14.1. The fraction of sp³-hybridized carbons (Fsp3) is 0.667. The molecule has 0 aliphatic carbocycles. The molecule has 0 spiro atoms. The minimum atomic E-state index is -0.440. The van der Waals surface area contributed by atoms with E-state index in [0.29, 0.717) is 18.9 Å². The molecule has 0 heterocycles. The SMILES string of the molecule is CCCC(N)C(O)CC(C)c1c(C)cc(OCC)cc1C. The van der Waals surface area contributed by atoms with E-state index in [4.69, 9.17) is 10.5 Å². The molecule has 21 heavy (non-hydrogen) atoms. The van der Waals surface area contributed by atoms with Gasteiger partial charge in [0.1, 0.15) is 5.75 Å². The van der Waals surface area contributed by atoms with Crippen molar-refractivity contribution in [3.05, 3.63) is 28.8 Å². The zero-order chi connectivity index (χ0) is 16.0. The average Bonchev–Trinajstić information content (AvgIpc) is 2.38. The highest BCUT2D eigenvalue weighted by molar-refractivity contribution is 5.43. The highest BCUT2D eigenvalue weighted by atomic mass is 16.5. The summed E-state index contributed by atoms with van der Waals surface area (Å²) in [5.74, 6) is 1.21. The molecule has 3 N–H and O–H groups in total. The Morgan fingerprint density at radius 1 is 1.19 bits per heavy atom. The smallest absolute Gasteiger partial charge is 0.119 e. The van der Waals surface area contributed by atoms with Crippen molar-refractivity contribution in [2.24, 2.45) is 5.73 Å². The Bertz CT molecular complexity index is 422. The second-order valence-electron chi connectivity index (χ2n) is 6.06. The Kier molecular flexibility index (Phi) is 7.20. The summed E-state index contributed by atoms with van der Waals surface area (Å²) >= 11 is 0. The monoisotopic (exact) mass is 293 g/mol. The molecule has 0 fully saturated rings. The molecule has 0 saturated heterocycles. The van der Waals surface area contributed by atoms with Gasteiger partial charge in [0.05, 0.1) is 12.7 Å². The third-order valence-corrected chi connectivity index (χ3v) is 4.08. The number of nitrogens with two attached hydrogens (primary N) is 1. The normalized spacial score (nSPS) is 15.6. The highest BCUT2D eigenvalue weighted by Gasteiger charge is 2.20. The van der Waals surface area contributed by atoms with E-state index in [1.165, 1.54) is 16.7 Å². The van der Waals surface area contributed by atoms with Gasteiger partial charge in [0.15, 0.2) is 0 Å². The lowest BCUT2D eigenvalue weighted by molar-refractivity contribution is 0.124. The lowest BCUT2D eigenvalue weighted by Crippen LogP contribution is -2.35. The lowest BCUT2D eigenvalue weighted by atomic mass is 9.86. The molecule has 0 bridgehead atoms. The van der Waals surface area contributed by atoms with Crippen LogP contribution in [-0.2, 0) is 0 Å². The van der Waals surface area contributed by atoms with Crippen LogP contribution in [0.4, 0.5) is 0 Å². The number of aliphatic hydroxyl groups excluding tert-OH is 1. The van der Waals surface area contributed by atoms with Crippen LogP contribution in [0.5, 0.6) is 5.75 Å². The van der Waals surface area contributed by atoms with Crippen molar-refractivity contribution in [3.8, 4) is 5.75 Å². The molecule has 1 aromatic rings. The van der Waals surface area contributed by atoms with Crippen molar-refractivity contribution in [1.29, 1.82) is 0 Å². The Labute approximate surface area is 129 Å². The maximum absolute atomic E-state index is 10.3. The number of benzene rings is 1. The summed E-state index contributed by atoms with van der Waals surface area (Å²) in [4.78, 5) is 0. The predicted octanol–water partition coefficient (Wildman–Crippen LogP) is 3.68. The van der Waals surface area contributed by atoms with E-state index >= 15 is 0 Å².